The molecule has 3 heteroatoms. The van der Waals surface area contributed by atoms with Crippen molar-refractivity contribution >= 4 is 0 Å². The molecule has 0 saturated carbocycles. The molecule has 102 valence electrons. The summed E-state index contributed by atoms with van der Waals surface area (Å²) in [5.74, 6) is 1.83. The predicted octanol–water partition coefficient (Wildman–Crippen LogP) is 3.16. The van der Waals surface area contributed by atoms with Crippen molar-refractivity contribution in [2.75, 3.05) is 19.8 Å². The van der Waals surface area contributed by atoms with E-state index in [9.17, 15) is 0 Å². The number of ether oxygens (including phenoxy) is 2. The Kier molecular flexibility index (Phi) is 7.26. The summed E-state index contributed by atoms with van der Waals surface area (Å²) in [7, 11) is 0. The third-order valence-electron chi connectivity index (χ3n) is 2.62. The van der Waals surface area contributed by atoms with Crippen molar-refractivity contribution < 1.29 is 9.47 Å². The van der Waals surface area contributed by atoms with Crippen molar-refractivity contribution in [1.82, 2.24) is 0 Å². The highest BCUT2D eigenvalue weighted by atomic mass is 16.5. The fraction of sp³-hybridized carbons (Fsp3) is 0.600. The van der Waals surface area contributed by atoms with Gasteiger partial charge in [0.25, 0.3) is 0 Å². The Morgan fingerprint density at radius 3 is 2.44 bits per heavy atom. The van der Waals surface area contributed by atoms with Crippen molar-refractivity contribution in [2.45, 2.75) is 39.5 Å². The molecule has 0 fully saturated rings. The molecule has 1 aromatic carbocycles. The molecule has 0 aliphatic heterocycles. The lowest BCUT2D eigenvalue weighted by Crippen LogP contribution is -2.04. The van der Waals surface area contributed by atoms with Crippen LogP contribution in [0.3, 0.4) is 0 Å². The molecule has 0 amide bonds. The summed E-state index contributed by atoms with van der Waals surface area (Å²) in [6.07, 6.45) is 3.97. The van der Waals surface area contributed by atoms with Gasteiger partial charge in [-0.15, -0.1) is 0 Å². The van der Waals surface area contributed by atoms with Crippen LogP contribution in [0.25, 0.3) is 0 Å². The molecule has 0 spiro atoms. The monoisotopic (exact) mass is 251 g/mol. The summed E-state index contributed by atoms with van der Waals surface area (Å²) in [6, 6.07) is 6.10. The Bertz CT molecular complexity index is 339. The van der Waals surface area contributed by atoms with Gasteiger partial charge in [-0.1, -0.05) is 19.9 Å². The maximum Gasteiger partial charge on any atom is 0.126 e. The number of aryl methyl sites for hydroxylation is 1. The number of benzene rings is 1. The molecule has 2 N–H and O–H groups in total. The highest BCUT2D eigenvalue weighted by Gasteiger charge is 2.06. The quantitative estimate of drug-likeness (QED) is 0.733. The van der Waals surface area contributed by atoms with Gasteiger partial charge in [-0.3, -0.25) is 0 Å². The average Bonchev–Trinajstić information content (AvgIpc) is 2.41. The molecule has 0 atom stereocenters. The fourth-order valence-electron chi connectivity index (χ4n) is 1.69. The molecule has 0 bridgehead atoms. The van der Waals surface area contributed by atoms with E-state index in [4.69, 9.17) is 15.2 Å². The minimum Gasteiger partial charge on any atom is -0.493 e. The van der Waals surface area contributed by atoms with Crippen LogP contribution in [0.5, 0.6) is 11.5 Å². The van der Waals surface area contributed by atoms with Crippen LogP contribution in [0.1, 0.15) is 38.7 Å². The molecule has 0 unspecified atom stereocenters. The zero-order valence-electron chi connectivity index (χ0n) is 11.6. The molecule has 0 aliphatic rings. The van der Waals surface area contributed by atoms with E-state index in [1.54, 1.807) is 0 Å². The van der Waals surface area contributed by atoms with E-state index >= 15 is 0 Å². The predicted molar refractivity (Wildman–Crippen MR) is 75.4 cm³/mol. The van der Waals surface area contributed by atoms with Crippen molar-refractivity contribution in [1.29, 1.82) is 0 Å². The molecule has 1 aromatic rings. The highest BCUT2D eigenvalue weighted by molar-refractivity contribution is 5.41. The molecule has 0 heterocycles. The fourth-order valence-corrected chi connectivity index (χ4v) is 1.69. The minimum atomic E-state index is 0.710. The Labute approximate surface area is 110 Å². The Morgan fingerprint density at radius 1 is 1.06 bits per heavy atom. The third-order valence-corrected chi connectivity index (χ3v) is 2.62. The Morgan fingerprint density at radius 2 is 1.78 bits per heavy atom. The largest absolute Gasteiger partial charge is 0.493 e. The highest BCUT2D eigenvalue weighted by Crippen LogP contribution is 2.26. The molecular formula is C15H25NO2. The van der Waals surface area contributed by atoms with Gasteiger partial charge in [0.15, 0.2) is 0 Å². The molecule has 0 radical (unpaired) electrons. The van der Waals surface area contributed by atoms with Gasteiger partial charge in [0.05, 0.1) is 13.2 Å². The van der Waals surface area contributed by atoms with E-state index in [-0.39, 0.29) is 0 Å². The molecule has 18 heavy (non-hydrogen) atoms. The molecule has 0 aliphatic carbocycles. The van der Waals surface area contributed by atoms with E-state index in [2.05, 4.69) is 19.9 Å². The van der Waals surface area contributed by atoms with Gasteiger partial charge in [0.1, 0.15) is 11.5 Å². The van der Waals surface area contributed by atoms with Gasteiger partial charge in [-0.2, -0.15) is 0 Å². The topological polar surface area (TPSA) is 44.5 Å². The van der Waals surface area contributed by atoms with Gasteiger partial charge in [-0.25, -0.2) is 0 Å². The Balaban J connectivity index is 2.74. The van der Waals surface area contributed by atoms with Crippen molar-refractivity contribution in [3.8, 4) is 11.5 Å². The lowest BCUT2D eigenvalue weighted by atomic mass is 10.1. The van der Waals surface area contributed by atoms with Crippen LogP contribution >= 0.6 is 0 Å². The summed E-state index contributed by atoms with van der Waals surface area (Å²) in [5, 5.41) is 0. The van der Waals surface area contributed by atoms with E-state index < -0.39 is 0 Å². The van der Waals surface area contributed by atoms with Crippen LogP contribution in [-0.4, -0.2) is 19.8 Å². The molecule has 0 aromatic heterocycles. The molecule has 1 rings (SSSR count). The van der Waals surface area contributed by atoms with Crippen LogP contribution < -0.4 is 15.2 Å². The smallest absolute Gasteiger partial charge is 0.126 e. The normalized spacial score (nSPS) is 10.4. The van der Waals surface area contributed by atoms with Gasteiger partial charge in [-0.05, 0) is 43.9 Å². The molecule has 0 saturated heterocycles. The van der Waals surface area contributed by atoms with Crippen LogP contribution in [0, 0.1) is 0 Å². The first-order valence-electron chi connectivity index (χ1n) is 6.90. The summed E-state index contributed by atoms with van der Waals surface area (Å²) in [6.45, 7) is 6.41. The molecule has 3 nitrogen and oxygen atoms in total. The van der Waals surface area contributed by atoms with Crippen molar-refractivity contribution in [3.63, 3.8) is 0 Å². The van der Waals surface area contributed by atoms with Gasteiger partial charge >= 0.3 is 0 Å². The lowest BCUT2D eigenvalue weighted by molar-refractivity contribution is 0.299. The summed E-state index contributed by atoms with van der Waals surface area (Å²) in [4.78, 5) is 0. The van der Waals surface area contributed by atoms with E-state index in [1.807, 2.05) is 12.1 Å². The lowest BCUT2D eigenvalue weighted by Gasteiger charge is -2.13. The summed E-state index contributed by atoms with van der Waals surface area (Å²) in [5.41, 5.74) is 6.78. The summed E-state index contributed by atoms with van der Waals surface area (Å²) >= 11 is 0. The van der Waals surface area contributed by atoms with Gasteiger partial charge in [0, 0.05) is 6.07 Å². The second-order valence-corrected chi connectivity index (χ2v) is 4.36. The number of hydrogen-bond acceptors (Lipinski definition) is 3. The third kappa shape index (κ3) is 4.96. The zero-order chi connectivity index (χ0) is 13.2. The van der Waals surface area contributed by atoms with E-state index in [0.717, 1.165) is 50.4 Å². The number of nitrogens with two attached hydrogens (primary N) is 1. The second kappa shape index (κ2) is 8.81. The van der Waals surface area contributed by atoms with Crippen molar-refractivity contribution in [3.05, 3.63) is 23.8 Å². The Hall–Kier alpha value is -1.22. The standard InChI is InChI=1S/C15H25NO2/c1-3-10-17-14-8-7-13(6-5-9-16)15(12-14)18-11-4-2/h7-8,12H,3-6,9-11,16H2,1-2H3. The van der Waals surface area contributed by atoms with Crippen LogP contribution in [0.15, 0.2) is 18.2 Å². The number of hydrogen-bond donors (Lipinski definition) is 1. The zero-order valence-corrected chi connectivity index (χ0v) is 11.6. The summed E-state index contributed by atoms with van der Waals surface area (Å²) < 4.78 is 11.4. The SMILES string of the molecule is CCCOc1ccc(CCCN)c(OCCC)c1. The minimum absolute atomic E-state index is 0.710. The van der Waals surface area contributed by atoms with Crippen LogP contribution in [-0.2, 0) is 6.42 Å². The van der Waals surface area contributed by atoms with Crippen LogP contribution in [0.2, 0.25) is 0 Å². The van der Waals surface area contributed by atoms with Crippen molar-refractivity contribution in [2.24, 2.45) is 5.73 Å². The van der Waals surface area contributed by atoms with Gasteiger partial charge < -0.3 is 15.2 Å². The first-order valence-corrected chi connectivity index (χ1v) is 6.90. The first kappa shape index (κ1) is 14.8. The number of rotatable bonds is 9. The van der Waals surface area contributed by atoms with E-state index in [1.165, 1.54) is 5.56 Å². The first-order chi connectivity index (χ1) is 8.81. The van der Waals surface area contributed by atoms with E-state index in [0.29, 0.717) is 6.54 Å². The van der Waals surface area contributed by atoms with Gasteiger partial charge in [0.2, 0.25) is 0 Å². The molecular weight excluding hydrogens is 226 g/mol. The average molecular weight is 251 g/mol. The maximum absolute atomic E-state index is 5.78. The maximum atomic E-state index is 5.78. The van der Waals surface area contributed by atoms with Crippen LogP contribution in [0.4, 0.5) is 0 Å². The second-order valence-electron chi connectivity index (χ2n) is 4.36.